The molecule has 2 amide bonds. The van der Waals surface area contributed by atoms with E-state index in [1.165, 1.54) is 4.90 Å². The van der Waals surface area contributed by atoms with Gasteiger partial charge < -0.3 is 10.2 Å². The lowest BCUT2D eigenvalue weighted by Gasteiger charge is -2.17. The first-order valence-electron chi connectivity index (χ1n) is 5.36. The number of hydrogen-bond donors (Lipinski definition) is 1. The Kier molecular flexibility index (Phi) is 5.62. The molecular formula is C12H14BrClN2O2. The zero-order valence-corrected chi connectivity index (χ0v) is 12.5. The zero-order valence-electron chi connectivity index (χ0n) is 10.2. The van der Waals surface area contributed by atoms with Crippen LogP contribution in [0.25, 0.3) is 0 Å². The van der Waals surface area contributed by atoms with Crippen LogP contribution in [-0.4, -0.2) is 37.4 Å². The van der Waals surface area contributed by atoms with E-state index < -0.39 is 0 Å². The first kappa shape index (κ1) is 15.0. The summed E-state index contributed by atoms with van der Waals surface area (Å²) >= 11 is 9.20. The van der Waals surface area contributed by atoms with Crippen LogP contribution in [0.15, 0.2) is 22.7 Å². The summed E-state index contributed by atoms with van der Waals surface area (Å²) in [7, 11) is 3.22. The van der Waals surface area contributed by atoms with Gasteiger partial charge in [-0.1, -0.05) is 11.6 Å². The van der Waals surface area contributed by atoms with Crippen molar-refractivity contribution in [2.75, 3.05) is 20.6 Å². The molecule has 0 heterocycles. The third kappa shape index (κ3) is 3.99. The fourth-order valence-electron chi connectivity index (χ4n) is 1.35. The Morgan fingerprint density at radius 3 is 2.67 bits per heavy atom. The van der Waals surface area contributed by atoms with Crippen molar-refractivity contribution in [3.8, 4) is 0 Å². The van der Waals surface area contributed by atoms with Gasteiger partial charge in [-0.15, -0.1) is 0 Å². The second-order valence-corrected chi connectivity index (χ2v) is 5.04. The summed E-state index contributed by atoms with van der Waals surface area (Å²) < 4.78 is 0.744. The molecule has 0 aliphatic rings. The Hall–Kier alpha value is -1.07. The predicted molar refractivity (Wildman–Crippen MR) is 74.8 cm³/mol. The van der Waals surface area contributed by atoms with Crippen molar-refractivity contribution in [3.63, 3.8) is 0 Å². The maximum absolute atomic E-state index is 12.0. The fourth-order valence-corrected chi connectivity index (χ4v) is 1.77. The highest BCUT2D eigenvalue weighted by atomic mass is 79.9. The number of hydrogen-bond acceptors (Lipinski definition) is 2. The highest BCUT2D eigenvalue weighted by molar-refractivity contribution is 9.10. The molecule has 0 saturated carbocycles. The molecule has 0 bridgehead atoms. The lowest BCUT2D eigenvalue weighted by molar-refractivity contribution is -0.120. The van der Waals surface area contributed by atoms with Crippen molar-refractivity contribution < 1.29 is 9.59 Å². The monoisotopic (exact) mass is 332 g/mol. The topological polar surface area (TPSA) is 49.4 Å². The molecule has 0 fully saturated rings. The van der Waals surface area contributed by atoms with Gasteiger partial charge in [0, 0.05) is 37.1 Å². The number of nitrogens with zero attached hydrogens (tertiary/aromatic N) is 1. The SMILES string of the molecule is CNC(=O)CCN(C)C(=O)c1ccc(Br)c(Cl)c1. The summed E-state index contributed by atoms with van der Waals surface area (Å²) in [5.41, 5.74) is 0.502. The van der Waals surface area contributed by atoms with Crippen molar-refractivity contribution >= 4 is 39.3 Å². The number of amides is 2. The van der Waals surface area contributed by atoms with E-state index in [-0.39, 0.29) is 18.2 Å². The molecule has 6 heteroatoms. The standard InChI is InChI=1S/C12H14BrClN2O2/c1-15-11(17)5-6-16(2)12(18)8-3-4-9(13)10(14)7-8/h3-4,7H,5-6H2,1-2H3,(H,15,17). The van der Waals surface area contributed by atoms with Crippen LogP contribution < -0.4 is 5.32 Å². The van der Waals surface area contributed by atoms with E-state index in [9.17, 15) is 9.59 Å². The molecule has 0 radical (unpaired) electrons. The molecule has 1 aromatic carbocycles. The van der Waals surface area contributed by atoms with Gasteiger partial charge in [0.05, 0.1) is 5.02 Å². The van der Waals surface area contributed by atoms with E-state index in [4.69, 9.17) is 11.6 Å². The zero-order chi connectivity index (χ0) is 13.7. The molecule has 0 aliphatic heterocycles. The van der Waals surface area contributed by atoms with Crippen LogP contribution in [0.2, 0.25) is 5.02 Å². The van der Waals surface area contributed by atoms with Crippen LogP contribution in [0, 0.1) is 0 Å². The van der Waals surface area contributed by atoms with Gasteiger partial charge in [0.2, 0.25) is 5.91 Å². The average molecular weight is 334 g/mol. The van der Waals surface area contributed by atoms with Gasteiger partial charge in [-0.05, 0) is 34.1 Å². The van der Waals surface area contributed by atoms with Crippen LogP contribution in [0.3, 0.4) is 0 Å². The van der Waals surface area contributed by atoms with Gasteiger partial charge in [0.25, 0.3) is 5.91 Å². The summed E-state index contributed by atoms with van der Waals surface area (Å²) in [5, 5.41) is 3.00. The second kappa shape index (κ2) is 6.75. The minimum atomic E-state index is -0.159. The van der Waals surface area contributed by atoms with Gasteiger partial charge in [0.15, 0.2) is 0 Å². The number of rotatable bonds is 4. The van der Waals surface area contributed by atoms with Crippen molar-refractivity contribution in [1.29, 1.82) is 0 Å². The molecule has 0 atom stereocenters. The Morgan fingerprint density at radius 1 is 1.44 bits per heavy atom. The molecule has 18 heavy (non-hydrogen) atoms. The number of nitrogens with one attached hydrogen (secondary N) is 1. The van der Waals surface area contributed by atoms with Crippen molar-refractivity contribution in [3.05, 3.63) is 33.3 Å². The quantitative estimate of drug-likeness (QED) is 0.919. The van der Waals surface area contributed by atoms with Crippen LogP contribution in [-0.2, 0) is 4.79 Å². The van der Waals surface area contributed by atoms with Crippen molar-refractivity contribution in [1.82, 2.24) is 10.2 Å². The summed E-state index contributed by atoms with van der Waals surface area (Å²) in [6.45, 7) is 0.367. The van der Waals surface area contributed by atoms with Crippen LogP contribution in [0.1, 0.15) is 16.8 Å². The lowest BCUT2D eigenvalue weighted by atomic mass is 10.2. The number of halogens is 2. The van der Waals surface area contributed by atoms with E-state index in [1.54, 1.807) is 32.3 Å². The van der Waals surface area contributed by atoms with E-state index in [2.05, 4.69) is 21.2 Å². The molecule has 0 aromatic heterocycles. The minimum Gasteiger partial charge on any atom is -0.359 e. The lowest BCUT2D eigenvalue weighted by Crippen LogP contribution is -2.31. The van der Waals surface area contributed by atoms with Gasteiger partial charge >= 0.3 is 0 Å². The maximum atomic E-state index is 12.0. The third-order valence-corrected chi connectivity index (χ3v) is 3.70. The van der Waals surface area contributed by atoms with Gasteiger partial charge in [-0.25, -0.2) is 0 Å². The summed E-state index contributed by atoms with van der Waals surface area (Å²) in [5.74, 6) is -0.253. The van der Waals surface area contributed by atoms with E-state index in [0.717, 1.165) is 4.47 Å². The second-order valence-electron chi connectivity index (χ2n) is 3.78. The number of benzene rings is 1. The highest BCUT2D eigenvalue weighted by Gasteiger charge is 2.13. The predicted octanol–water partition coefficient (Wildman–Crippen LogP) is 2.31. The molecule has 4 nitrogen and oxygen atoms in total. The first-order valence-corrected chi connectivity index (χ1v) is 6.54. The first-order chi connectivity index (χ1) is 8.45. The minimum absolute atomic E-state index is 0.0940. The molecule has 1 aromatic rings. The molecule has 1 rings (SSSR count). The molecule has 0 aliphatic carbocycles. The maximum Gasteiger partial charge on any atom is 0.253 e. The summed E-state index contributed by atoms with van der Waals surface area (Å²) in [4.78, 5) is 24.6. The van der Waals surface area contributed by atoms with Gasteiger partial charge in [-0.2, -0.15) is 0 Å². The van der Waals surface area contributed by atoms with Crippen LogP contribution in [0.4, 0.5) is 0 Å². The van der Waals surface area contributed by atoms with Crippen molar-refractivity contribution in [2.24, 2.45) is 0 Å². The molecule has 98 valence electrons. The smallest absolute Gasteiger partial charge is 0.253 e. The Balaban J connectivity index is 2.68. The van der Waals surface area contributed by atoms with Crippen LogP contribution in [0.5, 0.6) is 0 Å². The normalized spacial score (nSPS) is 10.0. The number of carbonyl (C=O) groups excluding carboxylic acids is 2. The van der Waals surface area contributed by atoms with E-state index in [0.29, 0.717) is 17.1 Å². The van der Waals surface area contributed by atoms with E-state index >= 15 is 0 Å². The fraction of sp³-hybridized carbons (Fsp3) is 0.333. The largest absolute Gasteiger partial charge is 0.359 e. The molecule has 1 N–H and O–H groups in total. The Bertz CT molecular complexity index is 465. The van der Waals surface area contributed by atoms with Crippen LogP contribution >= 0.6 is 27.5 Å². The summed E-state index contributed by atoms with van der Waals surface area (Å²) in [6.07, 6.45) is 0.281. The molecular weight excluding hydrogens is 320 g/mol. The van der Waals surface area contributed by atoms with E-state index in [1.807, 2.05) is 0 Å². The van der Waals surface area contributed by atoms with Crippen molar-refractivity contribution in [2.45, 2.75) is 6.42 Å². The van der Waals surface area contributed by atoms with Gasteiger partial charge in [-0.3, -0.25) is 9.59 Å². The third-order valence-electron chi connectivity index (χ3n) is 2.47. The molecule has 0 spiro atoms. The average Bonchev–Trinajstić information content (AvgIpc) is 2.37. The highest BCUT2D eigenvalue weighted by Crippen LogP contribution is 2.23. The summed E-state index contributed by atoms with van der Waals surface area (Å²) in [6, 6.07) is 5.02. The molecule has 0 unspecified atom stereocenters. The molecule has 0 saturated heterocycles. The van der Waals surface area contributed by atoms with Gasteiger partial charge in [0.1, 0.15) is 0 Å². The Labute approximate surface area is 119 Å². The Morgan fingerprint density at radius 2 is 2.11 bits per heavy atom. The number of carbonyl (C=O) groups is 2.